The third kappa shape index (κ3) is 5.75. The predicted molar refractivity (Wildman–Crippen MR) is 112 cm³/mol. The number of aryl methyl sites for hydroxylation is 1. The minimum absolute atomic E-state index is 0.219. The maximum absolute atomic E-state index is 11.4. The summed E-state index contributed by atoms with van der Waals surface area (Å²) in [6.07, 6.45) is 0.991. The number of benzene rings is 3. The summed E-state index contributed by atoms with van der Waals surface area (Å²) >= 11 is 0. The molecule has 0 spiro atoms. The summed E-state index contributed by atoms with van der Waals surface area (Å²) < 4.78 is 10.5. The average molecular weight is 389 g/mol. The van der Waals surface area contributed by atoms with Gasteiger partial charge in [-0.2, -0.15) is 0 Å². The van der Waals surface area contributed by atoms with Crippen molar-refractivity contribution in [1.29, 1.82) is 0 Å². The molecule has 5 heteroatoms. The van der Waals surface area contributed by atoms with Gasteiger partial charge in [-0.3, -0.25) is 4.79 Å². The van der Waals surface area contributed by atoms with E-state index < -0.39 is 6.04 Å². The van der Waals surface area contributed by atoms with Crippen molar-refractivity contribution < 1.29 is 14.3 Å². The molecule has 0 aliphatic carbocycles. The highest BCUT2D eigenvalue weighted by Gasteiger charge is 2.14. The van der Waals surface area contributed by atoms with Gasteiger partial charge in [0, 0.05) is 6.42 Å². The lowest BCUT2D eigenvalue weighted by atomic mass is 9.98. The van der Waals surface area contributed by atoms with E-state index >= 15 is 0 Å². The topological polar surface area (TPSA) is 65.0 Å². The van der Waals surface area contributed by atoms with E-state index in [1.807, 2.05) is 78.9 Å². The van der Waals surface area contributed by atoms with E-state index in [9.17, 15) is 9.70 Å². The Morgan fingerprint density at radius 3 is 2.31 bits per heavy atom. The zero-order valence-electron chi connectivity index (χ0n) is 16.3. The summed E-state index contributed by atoms with van der Waals surface area (Å²) in [5.74, 6) is 0.522. The number of methoxy groups -OCH3 is 1. The van der Waals surface area contributed by atoms with Crippen LogP contribution in [0.3, 0.4) is 0 Å². The normalized spacial score (nSPS) is 11.5. The van der Waals surface area contributed by atoms with Gasteiger partial charge in [0.25, 0.3) is 0 Å². The van der Waals surface area contributed by atoms with Crippen molar-refractivity contribution in [3.63, 3.8) is 0 Å². The lowest BCUT2D eigenvalue weighted by molar-refractivity contribution is -0.140. The highest BCUT2D eigenvalue weighted by molar-refractivity contribution is 5.69. The van der Waals surface area contributed by atoms with Crippen molar-refractivity contribution in [2.75, 3.05) is 7.11 Å². The molecule has 0 N–H and O–H groups in total. The van der Waals surface area contributed by atoms with Gasteiger partial charge in [0.2, 0.25) is 0 Å². The summed E-state index contributed by atoms with van der Waals surface area (Å²) in [6, 6.07) is 24.3. The molecule has 0 bridgehead atoms. The van der Waals surface area contributed by atoms with E-state index in [1.165, 1.54) is 7.11 Å². The van der Waals surface area contributed by atoms with Crippen molar-refractivity contribution in [3.8, 4) is 5.75 Å². The van der Waals surface area contributed by atoms with Crippen LogP contribution in [0.2, 0.25) is 0 Å². The largest absolute Gasteiger partial charge is 0.489 e. The fourth-order valence-electron chi connectivity index (χ4n) is 3.07. The molecular weight excluding hydrogens is 366 g/mol. The zero-order chi connectivity index (χ0) is 20.5. The molecule has 0 saturated heterocycles. The number of rotatable bonds is 9. The standard InChI is InChI=1S/C24H23NO4/c1-28-23(26)15-12-18-10-13-22(14-11-18)29-17-19-6-5-9-21(16-19)24(25-27)20-7-3-2-4-8-20/h2-11,13-14,16,24H,12,15,17H2,1H3. The van der Waals surface area contributed by atoms with Gasteiger partial charge in [0.1, 0.15) is 18.4 Å². The molecule has 0 heterocycles. The van der Waals surface area contributed by atoms with Gasteiger partial charge in [-0.05, 0) is 46.9 Å². The molecule has 0 saturated carbocycles. The van der Waals surface area contributed by atoms with Crippen LogP contribution in [0.1, 0.15) is 34.7 Å². The van der Waals surface area contributed by atoms with Crippen LogP contribution in [0.5, 0.6) is 5.75 Å². The molecule has 5 nitrogen and oxygen atoms in total. The predicted octanol–water partition coefficient (Wildman–Crippen LogP) is 5.23. The quantitative estimate of drug-likeness (QED) is 0.371. The van der Waals surface area contributed by atoms with E-state index in [2.05, 4.69) is 9.91 Å². The molecule has 1 atom stereocenters. The summed E-state index contributed by atoms with van der Waals surface area (Å²) in [5, 5.41) is 3.31. The molecule has 3 aromatic rings. The molecule has 0 aromatic heterocycles. The zero-order valence-corrected chi connectivity index (χ0v) is 16.3. The monoisotopic (exact) mass is 389 g/mol. The molecule has 1 unspecified atom stereocenters. The Bertz CT molecular complexity index is 939. The highest BCUT2D eigenvalue weighted by Crippen LogP contribution is 2.26. The smallest absolute Gasteiger partial charge is 0.305 e. The van der Waals surface area contributed by atoms with Gasteiger partial charge in [0.05, 0.1) is 7.11 Å². The van der Waals surface area contributed by atoms with Crippen molar-refractivity contribution in [2.24, 2.45) is 5.18 Å². The molecule has 0 amide bonds. The number of esters is 1. The SMILES string of the molecule is COC(=O)CCc1ccc(OCc2cccc(C(N=O)c3ccccc3)c2)cc1. The minimum Gasteiger partial charge on any atom is -0.489 e. The summed E-state index contributed by atoms with van der Waals surface area (Å²) in [7, 11) is 1.39. The van der Waals surface area contributed by atoms with E-state index in [0.29, 0.717) is 19.4 Å². The molecule has 148 valence electrons. The lowest BCUT2D eigenvalue weighted by Gasteiger charge is -2.12. The molecule has 29 heavy (non-hydrogen) atoms. The molecule has 3 aromatic carbocycles. The first-order valence-electron chi connectivity index (χ1n) is 9.44. The lowest BCUT2D eigenvalue weighted by Crippen LogP contribution is -2.02. The van der Waals surface area contributed by atoms with Crippen LogP contribution in [-0.2, 0) is 22.6 Å². The van der Waals surface area contributed by atoms with E-state index in [4.69, 9.17) is 4.74 Å². The van der Waals surface area contributed by atoms with Gasteiger partial charge in [-0.15, -0.1) is 4.91 Å². The van der Waals surface area contributed by atoms with Crippen molar-refractivity contribution in [1.82, 2.24) is 0 Å². The summed E-state index contributed by atoms with van der Waals surface area (Å²) in [6.45, 7) is 0.385. The second-order valence-electron chi connectivity index (χ2n) is 6.67. The molecule has 3 rings (SSSR count). The Hall–Kier alpha value is -3.47. The molecule has 0 aliphatic rings. The molecule has 0 radical (unpaired) electrons. The minimum atomic E-state index is -0.537. The summed E-state index contributed by atoms with van der Waals surface area (Å²) in [4.78, 5) is 22.7. The average Bonchev–Trinajstić information content (AvgIpc) is 2.78. The molecule has 0 fully saturated rings. The van der Waals surface area contributed by atoms with Crippen LogP contribution in [0, 0.1) is 4.91 Å². The Labute approximate surface area is 170 Å². The van der Waals surface area contributed by atoms with Crippen molar-refractivity contribution >= 4 is 5.97 Å². The Kier molecular flexibility index (Phi) is 7.11. The number of hydrogen-bond donors (Lipinski definition) is 0. The van der Waals surface area contributed by atoms with Gasteiger partial charge in [-0.25, -0.2) is 0 Å². The Balaban J connectivity index is 1.62. The molecule has 0 aliphatic heterocycles. The second-order valence-corrected chi connectivity index (χ2v) is 6.67. The fraction of sp³-hybridized carbons (Fsp3) is 0.208. The van der Waals surface area contributed by atoms with Crippen LogP contribution in [0.4, 0.5) is 0 Å². The van der Waals surface area contributed by atoms with Crippen LogP contribution in [0.25, 0.3) is 0 Å². The third-order valence-electron chi connectivity index (χ3n) is 4.66. The third-order valence-corrected chi connectivity index (χ3v) is 4.66. The van der Waals surface area contributed by atoms with Crippen LogP contribution in [-0.4, -0.2) is 13.1 Å². The first-order chi connectivity index (χ1) is 14.2. The van der Waals surface area contributed by atoms with E-state index in [0.717, 1.165) is 28.0 Å². The fourth-order valence-corrected chi connectivity index (χ4v) is 3.07. The maximum atomic E-state index is 11.4. The second kappa shape index (κ2) is 10.2. The van der Waals surface area contributed by atoms with Crippen molar-refractivity contribution in [3.05, 3.63) is 106 Å². The highest BCUT2D eigenvalue weighted by atomic mass is 16.5. The number of ether oxygens (including phenoxy) is 2. The van der Waals surface area contributed by atoms with Crippen LogP contribution < -0.4 is 4.74 Å². The van der Waals surface area contributed by atoms with Crippen LogP contribution >= 0.6 is 0 Å². The van der Waals surface area contributed by atoms with Gasteiger partial charge in [0.15, 0.2) is 0 Å². The first kappa shape index (κ1) is 20.3. The number of nitrogens with zero attached hydrogens (tertiary/aromatic N) is 1. The van der Waals surface area contributed by atoms with Gasteiger partial charge in [-0.1, -0.05) is 65.8 Å². The summed E-state index contributed by atoms with van der Waals surface area (Å²) in [5.41, 5.74) is 3.71. The number of carbonyl (C=O) groups is 1. The van der Waals surface area contributed by atoms with E-state index in [-0.39, 0.29) is 5.97 Å². The Morgan fingerprint density at radius 2 is 1.62 bits per heavy atom. The first-order valence-corrected chi connectivity index (χ1v) is 9.44. The van der Waals surface area contributed by atoms with Gasteiger partial charge < -0.3 is 9.47 Å². The number of hydrogen-bond acceptors (Lipinski definition) is 5. The number of nitroso groups, excluding NO2 is 1. The maximum Gasteiger partial charge on any atom is 0.305 e. The van der Waals surface area contributed by atoms with Crippen LogP contribution in [0.15, 0.2) is 84.0 Å². The number of carbonyl (C=O) groups excluding carboxylic acids is 1. The van der Waals surface area contributed by atoms with Gasteiger partial charge >= 0.3 is 5.97 Å². The Morgan fingerprint density at radius 1 is 0.897 bits per heavy atom. The van der Waals surface area contributed by atoms with Crippen molar-refractivity contribution in [2.45, 2.75) is 25.5 Å². The molecular formula is C24H23NO4. The van der Waals surface area contributed by atoms with E-state index in [1.54, 1.807) is 0 Å².